The summed E-state index contributed by atoms with van der Waals surface area (Å²) in [6.45, 7) is 17.0. The Kier molecular flexibility index (Phi) is 6.25. The van der Waals surface area contributed by atoms with Gasteiger partial charge < -0.3 is 0 Å². The van der Waals surface area contributed by atoms with Crippen molar-refractivity contribution in [3.05, 3.63) is 101 Å². The van der Waals surface area contributed by atoms with Crippen LogP contribution in [0.3, 0.4) is 0 Å². The summed E-state index contributed by atoms with van der Waals surface area (Å²) in [5.74, 6) is 0.289. The molecule has 8 rings (SSSR count). The van der Waals surface area contributed by atoms with Crippen LogP contribution >= 0.6 is 0 Å². The number of rotatable bonds is 3. The number of pyridine rings is 2. The van der Waals surface area contributed by atoms with Gasteiger partial charge in [-0.3, -0.25) is 0 Å². The lowest BCUT2D eigenvalue weighted by Crippen LogP contribution is -2.77. The average Bonchev–Trinajstić information content (AvgIpc) is 3.75. The first-order valence-electron chi connectivity index (χ1n) is 16.4. The summed E-state index contributed by atoms with van der Waals surface area (Å²) in [5, 5.41) is 10.8. The van der Waals surface area contributed by atoms with Crippen LogP contribution in [-0.4, -0.2) is 24.5 Å². The van der Waals surface area contributed by atoms with E-state index in [-0.39, 0.29) is 5.41 Å². The number of hydrogen-bond acceptors (Lipinski definition) is 3. The Morgan fingerprint density at radius 1 is 0.792 bits per heavy atom. The number of halogens is 3. The van der Waals surface area contributed by atoms with Crippen LogP contribution in [0, 0.1) is 6.92 Å². The molecule has 0 radical (unpaired) electrons. The van der Waals surface area contributed by atoms with Gasteiger partial charge in [-0.15, -0.1) is 9.78 Å². The first kappa shape index (κ1) is 30.5. The molecule has 0 bridgehead atoms. The average molecular weight is 650 g/mol. The third-order valence-electron chi connectivity index (χ3n) is 9.83. The summed E-state index contributed by atoms with van der Waals surface area (Å²) >= 11 is 0. The molecule has 0 amide bonds. The van der Waals surface area contributed by atoms with Crippen molar-refractivity contribution < 1.29 is 22.3 Å². The lowest BCUT2D eigenvalue weighted by Gasteiger charge is -2.20. The second kappa shape index (κ2) is 9.84. The van der Waals surface area contributed by atoms with Crippen molar-refractivity contribution in [3.63, 3.8) is 0 Å². The monoisotopic (exact) mass is 649 g/mol. The Bertz CT molecular complexity index is 2280. The predicted octanol–water partition coefficient (Wildman–Crippen LogP) is 7.91. The molecule has 0 aliphatic carbocycles. The summed E-state index contributed by atoms with van der Waals surface area (Å²) in [5.41, 5.74) is 6.53. The summed E-state index contributed by atoms with van der Waals surface area (Å²) in [4.78, 5) is 4.78. The Morgan fingerprint density at radius 2 is 1.48 bits per heavy atom. The fourth-order valence-electron chi connectivity index (χ4n) is 7.55. The van der Waals surface area contributed by atoms with Gasteiger partial charge in [-0.25, -0.2) is 4.98 Å². The molecule has 10 heteroatoms. The minimum absolute atomic E-state index is 0.163. The van der Waals surface area contributed by atoms with Crippen LogP contribution < -0.4 is 9.13 Å². The molecule has 2 aromatic carbocycles. The van der Waals surface area contributed by atoms with Crippen molar-refractivity contribution in [2.45, 2.75) is 84.7 Å². The summed E-state index contributed by atoms with van der Waals surface area (Å²) < 4.78 is 50.3. The van der Waals surface area contributed by atoms with Gasteiger partial charge in [0, 0.05) is 24.3 Å². The summed E-state index contributed by atoms with van der Waals surface area (Å²) in [6.07, 6.45) is -0.772. The van der Waals surface area contributed by atoms with E-state index in [1.165, 1.54) is 21.4 Å². The number of hydrogen-bond donors (Lipinski definition) is 0. The van der Waals surface area contributed by atoms with E-state index in [0.29, 0.717) is 34.9 Å². The van der Waals surface area contributed by atoms with Crippen LogP contribution in [0.15, 0.2) is 73.1 Å². The molecule has 0 N–H and O–H groups in total. The smallest absolute Gasteiger partial charge is 0.206 e. The molecule has 1 spiro atoms. The third-order valence-corrected chi connectivity index (χ3v) is 9.83. The van der Waals surface area contributed by atoms with E-state index in [1.807, 2.05) is 39.7 Å². The van der Waals surface area contributed by atoms with E-state index in [9.17, 15) is 13.2 Å². The maximum absolute atomic E-state index is 14.4. The molecule has 7 nitrogen and oxygen atoms in total. The van der Waals surface area contributed by atoms with Gasteiger partial charge in [-0.2, -0.15) is 18.3 Å². The molecule has 4 aromatic heterocycles. The van der Waals surface area contributed by atoms with E-state index >= 15 is 0 Å². The lowest BCUT2D eigenvalue weighted by molar-refractivity contribution is -0.990. The molecule has 0 fully saturated rings. The van der Waals surface area contributed by atoms with E-state index in [0.717, 1.165) is 33.7 Å². The molecule has 244 valence electrons. The molecule has 0 saturated heterocycles. The number of aryl methyl sites for hydroxylation is 1. The first-order chi connectivity index (χ1) is 22.6. The molecule has 6 heterocycles. The van der Waals surface area contributed by atoms with Crippen LogP contribution in [0.25, 0.3) is 44.8 Å². The van der Waals surface area contributed by atoms with Gasteiger partial charge in [0.1, 0.15) is 5.82 Å². The van der Waals surface area contributed by atoms with Gasteiger partial charge in [-0.05, 0) is 69.5 Å². The van der Waals surface area contributed by atoms with Gasteiger partial charge >= 0.3 is 12.1 Å². The first-order valence-corrected chi connectivity index (χ1v) is 16.4. The van der Waals surface area contributed by atoms with Crippen LogP contribution in [0.1, 0.15) is 88.5 Å². The molecule has 0 saturated carbocycles. The predicted molar refractivity (Wildman–Crippen MR) is 177 cm³/mol. The van der Waals surface area contributed by atoms with Crippen molar-refractivity contribution >= 4 is 10.8 Å². The highest BCUT2D eigenvalue weighted by Gasteiger charge is 2.71. The highest BCUT2D eigenvalue weighted by atomic mass is 19.4. The number of nitrogens with zero attached hydrogens (tertiary/aromatic N) is 7. The van der Waals surface area contributed by atoms with Crippen LogP contribution in [-0.2, 0) is 17.5 Å². The zero-order valence-corrected chi connectivity index (χ0v) is 28.3. The topological polar surface area (TPSA) is 56.3 Å². The second-order valence-corrected chi connectivity index (χ2v) is 14.7. The zero-order chi connectivity index (χ0) is 34.1. The molecule has 6 aromatic rings. The molecule has 2 aliphatic heterocycles. The molecule has 48 heavy (non-hydrogen) atoms. The minimum atomic E-state index is -4.64. The van der Waals surface area contributed by atoms with Gasteiger partial charge in [0.15, 0.2) is 23.8 Å². The molecular formula is C38H38F3N7+2. The maximum Gasteiger partial charge on any atom is 0.584 e. The quantitative estimate of drug-likeness (QED) is 0.183. The van der Waals surface area contributed by atoms with Crippen LogP contribution in [0.2, 0.25) is 0 Å². The van der Waals surface area contributed by atoms with Crippen molar-refractivity contribution in [1.82, 2.24) is 24.5 Å². The van der Waals surface area contributed by atoms with Gasteiger partial charge in [-0.1, -0.05) is 86.5 Å². The maximum atomic E-state index is 14.4. The summed E-state index contributed by atoms with van der Waals surface area (Å²) in [7, 11) is 0. The van der Waals surface area contributed by atoms with Gasteiger partial charge in [0.2, 0.25) is 11.5 Å². The fourth-order valence-corrected chi connectivity index (χ4v) is 7.55. The highest BCUT2D eigenvalue weighted by molar-refractivity contribution is 5.96. The molecule has 1 atom stereocenters. The number of benzene rings is 2. The SMILES string of the molecule is Cc1nc2n(n1)C1(n3nc(C(F)(F)F)cc3-c3c4ccc(-c5c(C(C)C)cccc5C(C)C)cc4cc[n+]31)[n+]1ccc(C(C)(C)C)cc1-2. The number of fused-ring (bicyclic) bond motifs is 12. The van der Waals surface area contributed by atoms with E-state index in [4.69, 9.17) is 10.1 Å². The van der Waals surface area contributed by atoms with Crippen molar-refractivity contribution in [2.24, 2.45) is 0 Å². The molecule has 1 unspecified atom stereocenters. The van der Waals surface area contributed by atoms with Gasteiger partial charge in [0.05, 0.1) is 5.39 Å². The molecule has 2 aliphatic rings. The van der Waals surface area contributed by atoms with Crippen molar-refractivity contribution in [3.8, 4) is 34.0 Å². The van der Waals surface area contributed by atoms with Crippen LogP contribution in [0.5, 0.6) is 0 Å². The number of alkyl halides is 3. The lowest BCUT2D eigenvalue weighted by atomic mass is 9.84. The zero-order valence-electron chi connectivity index (χ0n) is 28.3. The number of aromatic nitrogens is 7. The largest absolute Gasteiger partial charge is 0.584 e. The normalized spacial score (nSPS) is 16.7. The second-order valence-electron chi connectivity index (χ2n) is 14.7. The Hall–Kier alpha value is -4.86. The fraction of sp³-hybridized carbons (Fsp3) is 0.342. The third kappa shape index (κ3) is 4.04. The Labute approximate surface area is 277 Å². The van der Waals surface area contributed by atoms with Gasteiger partial charge in [0.25, 0.3) is 5.69 Å². The summed E-state index contributed by atoms with van der Waals surface area (Å²) in [6, 6.07) is 20.1. The molecular weight excluding hydrogens is 611 g/mol. The van der Waals surface area contributed by atoms with E-state index in [2.05, 4.69) is 90.0 Å². The minimum Gasteiger partial charge on any atom is -0.206 e. The standard InChI is InChI=1S/C38H38F3N7/c1-21(2)27-10-9-11-28(22(3)4)33(27)25-12-13-29-24(18-25)14-16-46-34(29)30-20-32(37(39,40)41)44-47(30)38(46)45-17-15-26(36(6,7)8)19-31(45)35-42-23(5)43-48(35)38/h9-22H,1-8H3/q+2. The van der Waals surface area contributed by atoms with Crippen molar-refractivity contribution in [1.29, 1.82) is 0 Å². The highest BCUT2D eigenvalue weighted by Crippen LogP contribution is 2.44. The van der Waals surface area contributed by atoms with Crippen LogP contribution in [0.4, 0.5) is 13.2 Å². The van der Waals surface area contributed by atoms with Crippen molar-refractivity contribution in [2.75, 3.05) is 0 Å². The van der Waals surface area contributed by atoms with E-state index in [1.54, 1.807) is 11.6 Å². The Balaban J connectivity index is 1.45. The van der Waals surface area contributed by atoms with E-state index < -0.39 is 17.8 Å². The Morgan fingerprint density at radius 3 is 2.12 bits per heavy atom.